The first-order valence-corrected chi connectivity index (χ1v) is 17.7. The van der Waals surface area contributed by atoms with E-state index in [-0.39, 0.29) is 35.2 Å². The molecule has 1 aliphatic rings. The number of halogens is 1. The van der Waals surface area contributed by atoms with E-state index in [1.165, 1.54) is 41.3 Å². The molecule has 0 bridgehead atoms. The van der Waals surface area contributed by atoms with Crippen LogP contribution in [0.25, 0.3) is 0 Å². The van der Waals surface area contributed by atoms with Gasteiger partial charge >= 0.3 is 0 Å². The standard InChI is InChI=1S/C37H41FN4O7S/c1-47-32-13-7-29(8-14-32)26-42(35(25-28-5-3-2-4-6-28)37(44)39-19-20-41-21-23-48-24-22-41)36(43)27-49-33-15-17-34(18-16-33)50(45,46)40-31-11-9-30(38)10-12-31/h2-18,35,40H,19-27H2,1H3,(H,39,44)/t35-/m1/s1. The molecular formula is C37H41FN4O7S. The Hall–Kier alpha value is -4.98. The van der Waals surface area contributed by atoms with E-state index < -0.39 is 34.4 Å². The van der Waals surface area contributed by atoms with E-state index in [1.54, 1.807) is 19.2 Å². The number of morpholine rings is 1. The van der Waals surface area contributed by atoms with Gasteiger partial charge in [0.1, 0.15) is 23.4 Å². The SMILES string of the molecule is COc1ccc(CN(C(=O)COc2ccc(S(=O)(=O)Nc3ccc(F)cc3)cc2)[C@H](Cc2ccccc2)C(=O)NCCN2CCOCC2)cc1. The number of hydrogen-bond acceptors (Lipinski definition) is 8. The number of rotatable bonds is 16. The number of hydrogen-bond donors (Lipinski definition) is 2. The van der Waals surface area contributed by atoms with Gasteiger partial charge in [0, 0.05) is 44.8 Å². The van der Waals surface area contributed by atoms with Gasteiger partial charge in [0.2, 0.25) is 5.91 Å². The molecule has 0 saturated carbocycles. The molecule has 0 radical (unpaired) electrons. The zero-order chi connectivity index (χ0) is 35.3. The first-order valence-electron chi connectivity index (χ1n) is 16.3. The number of nitrogens with one attached hydrogen (secondary N) is 2. The maximum Gasteiger partial charge on any atom is 0.261 e. The average molecular weight is 705 g/mol. The van der Waals surface area contributed by atoms with Gasteiger partial charge in [0.05, 0.1) is 25.2 Å². The normalized spacial score (nSPS) is 14.0. The summed E-state index contributed by atoms with van der Waals surface area (Å²) in [5.74, 6) is -0.276. The summed E-state index contributed by atoms with van der Waals surface area (Å²) in [4.78, 5) is 31.6. The summed E-state index contributed by atoms with van der Waals surface area (Å²) in [6.45, 7) is 3.70. The summed E-state index contributed by atoms with van der Waals surface area (Å²) >= 11 is 0. The van der Waals surface area contributed by atoms with Crippen molar-refractivity contribution in [1.29, 1.82) is 0 Å². The van der Waals surface area contributed by atoms with Crippen LogP contribution in [0.4, 0.5) is 10.1 Å². The predicted molar refractivity (Wildman–Crippen MR) is 187 cm³/mol. The van der Waals surface area contributed by atoms with Gasteiger partial charge in [-0.25, -0.2) is 12.8 Å². The monoisotopic (exact) mass is 704 g/mol. The van der Waals surface area contributed by atoms with Crippen molar-refractivity contribution >= 4 is 27.5 Å². The van der Waals surface area contributed by atoms with Crippen LogP contribution in [0.1, 0.15) is 11.1 Å². The van der Waals surface area contributed by atoms with E-state index in [9.17, 15) is 22.4 Å². The van der Waals surface area contributed by atoms with Crippen LogP contribution in [0.2, 0.25) is 0 Å². The zero-order valence-corrected chi connectivity index (χ0v) is 28.6. The molecule has 5 rings (SSSR count). The quantitative estimate of drug-likeness (QED) is 0.179. The van der Waals surface area contributed by atoms with Crippen molar-refractivity contribution in [2.75, 3.05) is 57.8 Å². The van der Waals surface area contributed by atoms with Crippen LogP contribution in [0.3, 0.4) is 0 Å². The van der Waals surface area contributed by atoms with Crippen LogP contribution < -0.4 is 19.5 Å². The summed E-state index contributed by atoms with van der Waals surface area (Å²) in [6.07, 6.45) is 0.278. The molecule has 13 heteroatoms. The van der Waals surface area contributed by atoms with Gasteiger partial charge in [-0.2, -0.15) is 0 Å². The summed E-state index contributed by atoms with van der Waals surface area (Å²) in [5, 5.41) is 3.05. The van der Waals surface area contributed by atoms with Crippen molar-refractivity contribution in [1.82, 2.24) is 15.1 Å². The topological polar surface area (TPSA) is 127 Å². The summed E-state index contributed by atoms with van der Waals surface area (Å²) in [5.41, 5.74) is 1.89. The molecule has 11 nitrogen and oxygen atoms in total. The van der Waals surface area contributed by atoms with Crippen molar-refractivity contribution in [2.24, 2.45) is 0 Å². The Morgan fingerprint density at radius 3 is 2.20 bits per heavy atom. The lowest BCUT2D eigenvalue weighted by molar-refractivity contribution is -0.142. The van der Waals surface area contributed by atoms with E-state index in [1.807, 2.05) is 42.5 Å². The molecule has 2 N–H and O–H groups in total. The van der Waals surface area contributed by atoms with Crippen LogP contribution in [0, 0.1) is 5.82 Å². The van der Waals surface area contributed by atoms with Gasteiger partial charge < -0.3 is 24.4 Å². The molecule has 1 fully saturated rings. The maximum atomic E-state index is 14.0. The van der Waals surface area contributed by atoms with Gasteiger partial charge in [-0.3, -0.25) is 19.2 Å². The lowest BCUT2D eigenvalue weighted by Crippen LogP contribution is -2.52. The van der Waals surface area contributed by atoms with Crippen molar-refractivity contribution in [3.63, 3.8) is 0 Å². The minimum atomic E-state index is -3.96. The van der Waals surface area contributed by atoms with E-state index in [4.69, 9.17) is 14.2 Å². The van der Waals surface area contributed by atoms with Gasteiger partial charge in [-0.05, 0) is 71.8 Å². The Kier molecular flexibility index (Phi) is 12.8. The molecule has 1 heterocycles. The van der Waals surface area contributed by atoms with Crippen molar-refractivity contribution in [2.45, 2.75) is 23.9 Å². The number of nitrogens with zero attached hydrogens (tertiary/aromatic N) is 2. The van der Waals surface area contributed by atoms with E-state index in [2.05, 4.69) is 14.9 Å². The molecule has 0 spiro atoms. The molecule has 0 aliphatic carbocycles. The third kappa shape index (κ3) is 10.5. The summed E-state index contributed by atoms with van der Waals surface area (Å²) in [7, 11) is -2.39. The number of benzene rings is 4. The van der Waals surface area contributed by atoms with Crippen LogP contribution in [-0.2, 0) is 37.3 Å². The first-order chi connectivity index (χ1) is 24.2. The lowest BCUT2D eigenvalue weighted by Gasteiger charge is -2.32. The molecular weight excluding hydrogens is 663 g/mol. The molecule has 2 amide bonds. The minimum absolute atomic E-state index is 0.0432. The average Bonchev–Trinajstić information content (AvgIpc) is 3.14. The molecule has 0 unspecified atom stereocenters. The zero-order valence-electron chi connectivity index (χ0n) is 27.8. The number of methoxy groups -OCH3 is 1. The lowest BCUT2D eigenvalue weighted by atomic mass is 10.0. The molecule has 50 heavy (non-hydrogen) atoms. The molecule has 4 aromatic rings. The number of carbonyl (C=O) groups is 2. The third-order valence-corrected chi connectivity index (χ3v) is 9.60. The van der Waals surface area contributed by atoms with Gasteiger partial charge in [0.15, 0.2) is 6.61 Å². The Bertz CT molecular complexity index is 1790. The van der Waals surface area contributed by atoms with Gasteiger partial charge in [-0.1, -0.05) is 42.5 Å². The fraction of sp³-hybridized carbons (Fsp3) is 0.297. The molecule has 4 aromatic carbocycles. The predicted octanol–water partition coefficient (Wildman–Crippen LogP) is 4.10. The smallest absolute Gasteiger partial charge is 0.261 e. The fourth-order valence-corrected chi connectivity index (χ4v) is 6.50. The number of carbonyl (C=O) groups excluding carboxylic acids is 2. The highest BCUT2D eigenvalue weighted by Crippen LogP contribution is 2.21. The highest BCUT2D eigenvalue weighted by molar-refractivity contribution is 7.92. The van der Waals surface area contributed by atoms with E-state index >= 15 is 0 Å². The summed E-state index contributed by atoms with van der Waals surface area (Å²) < 4.78 is 57.9. The molecule has 1 atom stereocenters. The molecule has 1 aliphatic heterocycles. The Labute approximate surface area is 292 Å². The Morgan fingerprint density at radius 2 is 1.54 bits per heavy atom. The molecule has 264 valence electrons. The molecule has 1 saturated heterocycles. The Balaban J connectivity index is 1.32. The fourth-order valence-electron chi connectivity index (χ4n) is 5.44. The van der Waals surface area contributed by atoms with Crippen LogP contribution in [-0.4, -0.2) is 89.2 Å². The highest BCUT2D eigenvalue weighted by Gasteiger charge is 2.31. The maximum absolute atomic E-state index is 14.0. The van der Waals surface area contributed by atoms with Crippen molar-refractivity contribution in [3.05, 3.63) is 120 Å². The second kappa shape index (κ2) is 17.6. The van der Waals surface area contributed by atoms with Gasteiger partial charge in [-0.15, -0.1) is 0 Å². The largest absolute Gasteiger partial charge is 0.497 e. The summed E-state index contributed by atoms with van der Waals surface area (Å²) in [6, 6.07) is 26.5. The number of amides is 2. The minimum Gasteiger partial charge on any atom is -0.497 e. The number of ether oxygens (including phenoxy) is 3. The Morgan fingerprint density at radius 1 is 0.880 bits per heavy atom. The van der Waals surface area contributed by atoms with Gasteiger partial charge in [0.25, 0.3) is 15.9 Å². The number of anilines is 1. The third-order valence-electron chi connectivity index (χ3n) is 8.21. The van der Waals surface area contributed by atoms with Crippen LogP contribution >= 0.6 is 0 Å². The van der Waals surface area contributed by atoms with Crippen molar-refractivity contribution < 1.29 is 36.6 Å². The van der Waals surface area contributed by atoms with Crippen molar-refractivity contribution in [3.8, 4) is 11.5 Å². The van der Waals surface area contributed by atoms with Crippen LogP contribution in [0.5, 0.6) is 11.5 Å². The first kappa shape index (κ1) is 36.3. The number of sulfonamides is 1. The van der Waals surface area contributed by atoms with E-state index in [0.717, 1.165) is 36.3 Å². The highest BCUT2D eigenvalue weighted by atomic mass is 32.2. The second-order valence-electron chi connectivity index (χ2n) is 11.7. The molecule has 0 aromatic heterocycles. The van der Waals surface area contributed by atoms with E-state index in [0.29, 0.717) is 32.1 Å². The van der Waals surface area contributed by atoms with Crippen LogP contribution in [0.15, 0.2) is 108 Å². The second-order valence-corrected chi connectivity index (χ2v) is 13.4.